The molecular formula is C23H23ClN6O3. The fourth-order valence-corrected chi connectivity index (χ4v) is 4.09. The van der Waals surface area contributed by atoms with E-state index >= 15 is 0 Å². The van der Waals surface area contributed by atoms with Gasteiger partial charge in [-0.05, 0) is 78.2 Å². The first-order chi connectivity index (χ1) is 15.7. The average molecular weight is 467 g/mol. The fraction of sp³-hybridized carbons (Fsp3) is 0.261. The predicted octanol–water partition coefficient (Wildman–Crippen LogP) is 3.25. The summed E-state index contributed by atoms with van der Waals surface area (Å²) in [5.74, 6) is 0.696. The molecule has 0 saturated heterocycles. The normalized spacial score (nSPS) is 11.1. The Morgan fingerprint density at radius 1 is 1.03 bits per heavy atom. The van der Waals surface area contributed by atoms with E-state index in [0.29, 0.717) is 22.8 Å². The zero-order chi connectivity index (χ0) is 23.9. The van der Waals surface area contributed by atoms with Gasteiger partial charge < -0.3 is 4.74 Å². The lowest BCUT2D eigenvalue weighted by Gasteiger charge is -2.14. The van der Waals surface area contributed by atoms with Gasteiger partial charge in [-0.3, -0.25) is 9.48 Å². The third-order valence-electron chi connectivity index (χ3n) is 5.63. The van der Waals surface area contributed by atoms with Crippen LogP contribution in [0.2, 0.25) is 0 Å². The predicted molar refractivity (Wildman–Crippen MR) is 124 cm³/mol. The van der Waals surface area contributed by atoms with Crippen LogP contribution in [0.3, 0.4) is 0 Å². The molecule has 170 valence electrons. The lowest BCUT2D eigenvalue weighted by molar-refractivity contribution is 0.107. The number of aryl methyl sites for hydroxylation is 4. The van der Waals surface area contributed by atoms with Crippen molar-refractivity contribution in [3.8, 4) is 22.7 Å². The topological polar surface area (TPSA) is 96.8 Å². The van der Waals surface area contributed by atoms with Gasteiger partial charge in [0.05, 0.1) is 11.4 Å². The lowest BCUT2D eigenvalue weighted by Crippen LogP contribution is -2.23. The molecule has 0 aliphatic heterocycles. The summed E-state index contributed by atoms with van der Waals surface area (Å²) in [6.45, 7) is 5.97. The summed E-state index contributed by atoms with van der Waals surface area (Å²) in [4.78, 5) is 24.1. The minimum Gasteiger partial charge on any atom is -0.489 e. The highest BCUT2D eigenvalue weighted by atomic mass is 35.5. The van der Waals surface area contributed by atoms with E-state index in [1.165, 1.54) is 14.0 Å². The first-order valence-electron chi connectivity index (χ1n) is 10.2. The highest BCUT2D eigenvalue weighted by Gasteiger charge is 2.19. The summed E-state index contributed by atoms with van der Waals surface area (Å²) in [5, 5.41) is 11.7. The number of hydrogen-bond donors (Lipinski definition) is 0. The first kappa shape index (κ1) is 22.5. The van der Waals surface area contributed by atoms with Gasteiger partial charge in [0.15, 0.2) is 0 Å². The van der Waals surface area contributed by atoms with Gasteiger partial charge in [0.1, 0.15) is 18.1 Å². The summed E-state index contributed by atoms with van der Waals surface area (Å²) in [6, 6.07) is 11.4. The van der Waals surface area contributed by atoms with Crippen molar-refractivity contribution in [3.63, 3.8) is 0 Å². The number of benzene rings is 2. The molecule has 0 aliphatic rings. The number of nitrogens with zero attached hydrogens (tertiary/aromatic N) is 6. The molecule has 0 atom stereocenters. The van der Waals surface area contributed by atoms with E-state index in [2.05, 4.69) is 15.5 Å². The molecule has 33 heavy (non-hydrogen) atoms. The number of tetrazole rings is 1. The van der Waals surface area contributed by atoms with E-state index in [-0.39, 0.29) is 12.3 Å². The van der Waals surface area contributed by atoms with Crippen LogP contribution in [-0.2, 0) is 20.7 Å². The van der Waals surface area contributed by atoms with E-state index in [1.807, 2.05) is 57.2 Å². The third kappa shape index (κ3) is 4.07. The van der Waals surface area contributed by atoms with Gasteiger partial charge in [-0.15, -0.1) is 0 Å². The van der Waals surface area contributed by atoms with Crippen LogP contribution in [-0.4, -0.2) is 34.8 Å². The molecule has 0 radical (unpaired) electrons. The maximum Gasteiger partial charge on any atom is 0.368 e. The van der Waals surface area contributed by atoms with Crippen molar-refractivity contribution in [2.75, 3.05) is 0 Å². The minimum absolute atomic E-state index is 0.249. The molecule has 0 N–H and O–H groups in total. The summed E-state index contributed by atoms with van der Waals surface area (Å²) in [7, 11) is 3.25. The van der Waals surface area contributed by atoms with Crippen LogP contribution in [0.4, 0.5) is 0 Å². The summed E-state index contributed by atoms with van der Waals surface area (Å²) in [6.07, 6.45) is 0. The lowest BCUT2D eigenvalue weighted by atomic mass is 10.0. The maximum absolute atomic E-state index is 12.4. The molecule has 0 saturated carbocycles. The number of aromatic nitrogens is 6. The monoisotopic (exact) mass is 466 g/mol. The number of carbonyl (C=O) groups excluding carboxylic acids is 1. The van der Waals surface area contributed by atoms with Gasteiger partial charge in [0, 0.05) is 30.8 Å². The van der Waals surface area contributed by atoms with Crippen LogP contribution in [0.15, 0.2) is 41.2 Å². The Labute approximate surface area is 195 Å². The van der Waals surface area contributed by atoms with Gasteiger partial charge in [-0.25, -0.2) is 4.79 Å². The molecule has 9 nitrogen and oxygen atoms in total. The van der Waals surface area contributed by atoms with Crippen LogP contribution >= 0.6 is 11.6 Å². The minimum atomic E-state index is -0.540. The van der Waals surface area contributed by atoms with Crippen LogP contribution in [0, 0.1) is 20.8 Å². The molecule has 0 spiro atoms. The van der Waals surface area contributed by atoms with Crippen molar-refractivity contribution < 1.29 is 9.53 Å². The Morgan fingerprint density at radius 3 is 2.39 bits per heavy atom. The third-order valence-corrected chi connectivity index (χ3v) is 5.80. The van der Waals surface area contributed by atoms with Crippen LogP contribution in [0.1, 0.15) is 32.7 Å². The molecule has 0 amide bonds. The smallest absolute Gasteiger partial charge is 0.368 e. The molecule has 4 rings (SSSR count). The quantitative estimate of drug-likeness (QED) is 0.405. The van der Waals surface area contributed by atoms with Gasteiger partial charge >= 0.3 is 5.69 Å². The van der Waals surface area contributed by atoms with Crippen LogP contribution in [0.5, 0.6) is 5.75 Å². The molecule has 2 aromatic heterocycles. The molecule has 0 bridgehead atoms. The van der Waals surface area contributed by atoms with Gasteiger partial charge in [0.2, 0.25) is 0 Å². The van der Waals surface area contributed by atoms with Gasteiger partial charge in [0.25, 0.3) is 5.24 Å². The summed E-state index contributed by atoms with van der Waals surface area (Å²) >= 11 is 5.70. The molecule has 2 heterocycles. The summed E-state index contributed by atoms with van der Waals surface area (Å²) in [5.41, 5.74) is 5.67. The number of hydrogen-bond acceptors (Lipinski definition) is 6. The second kappa shape index (κ2) is 8.67. The molecular weight excluding hydrogens is 444 g/mol. The van der Waals surface area contributed by atoms with E-state index < -0.39 is 5.24 Å². The van der Waals surface area contributed by atoms with E-state index in [0.717, 1.165) is 27.8 Å². The molecule has 0 unspecified atom stereocenters. The maximum atomic E-state index is 12.4. The fourth-order valence-electron chi connectivity index (χ4n) is 3.83. The molecule has 0 fully saturated rings. The Morgan fingerprint density at radius 2 is 1.79 bits per heavy atom. The van der Waals surface area contributed by atoms with E-state index in [9.17, 15) is 9.59 Å². The number of halogens is 1. The average Bonchev–Trinajstić information content (AvgIpc) is 3.25. The number of rotatable bonds is 6. The van der Waals surface area contributed by atoms with Crippen molar-refractivity contribution in [1.29, 1.82) is 0 Å². The largest absolute Gasteiger partial charge is 0.489 e. The van der Waals surface area contributed by atoms with E-state index in [1.54, 1.807) is 14.1 Å². The van der Waals surface area contributed by atoms with Crippen LogP contribution < -0.4 is 10.4 Å². The van der Waals surface area contributed by atoms with Crippen molar-refractivity contribution in [2.45, 2.75) is 27.4 Å². The highest BCUT2D eigenvalue weighted by molar-refractivity contribution is 6.67. The Bertz CT molecular complexity index is 1430. The van der Waals surface area contributed by atoms with Crippen molar-refractivity contribution >= 4 is 16.8 Å². The van der Waals surface area contributed by atoms with Gasteiger partial charge in [-0.2, -0.15) is 14.5 Å². The number of carbonyl (C=O) groups is 1. The zero-order valence-corrected chi connectivity index (χ0v) is 19.7. The molecule has 10 heteroatoms. The standard InChI is InChI=1S/C23H23ClN6O3/c1-13-7-6-8-18(30-23(32)29(5)26-27-30)17(13)12-33-19-10-9-16(11-14(19)2)20-15(3)21(22(24)31)28(4)25-20/h6-11H,12H2,1-5H3. The second-order valence-electron chi connectivity index (χ2n) is 7.86. The number of ether oxygens (including phenoxy) is 1. The Balaban J connectivity index is 1.63. The van der Waals surface area contributed by atoms with Crippen molar-refractivity contribution in [2.24, 2.45) is 14.1 Å². The van der Waals surface area contributed by atoms with Crippen molar-refractivity contribution in [1.82, 2.24) is 29.6 Å². The first-order valence-corrected chi connectivity index (χ1v) is 10.6. The SMILES string of the molecule is Cc1cc(-c2nn(C)c(C(=O)Cl)c2C)ccc1OCc1c(C)cccc1-n1nnn(C)c1=O. The van der Waals surface area contributed by atoms with Crippen molar-refractivity contribution in [3.05, 3.63) is 74.8 Å². The zero-order valence-electron chi connectivity index (χ0n) is 19.0. The van der Waals surface area contributed by atoms with Crippen LogP contribution in [0.25, 0.3) is 16.9 Å². The molecule has 2 aromatic carbocycles. The second-order valence-corrected chi connectivity index (χ2v) is 8.20. The Hall–Kier alpha value is -3.72. The highest BCUT2D eigenvalue weighted by Crippen LogP contribution is 2.30. The summed E-state index contributed by atoms with van der Waals surface area (Å²) < 4.78 is 10.1. The molecule has 0 aliphatic carbocycles. The molecule has 4 aromatic rings. The van der Waals surface area contributed by atoms with Gasteiger partial charge in [-0.1, -0.05) is 12.1 Å². The van der Waals surface area contributed by atoms with E-state index in [4.69, 9.17) is 16.3 Å². The Kier molecular flexibility index (Phi) is 5.90.